The third kappa shape index (κ3) is 1.82. The Labute approximate surface area is 104 Å². The van der Waals surface area contributed by atoms with Gasteiger partial charge in [-0.2, -0.15) is 0 Å². The van der Waals surface area contributed by atoms with Crippen LogP contribution in [0.15, 0.2) is 41.2 Å². The van der Waals surface area contributed by atoms with Crippen LogP contribution in [-0.4, -0.2) is 11.7 Å². The molecule has 1 N–H and O–H groups in total. The Morgan fingerprint density at radius 2 is 2.06 bits per heavy atom. The van der Waals surface area contributed by atoms with Gasteiger partial charge < -0.3 is 9.73 Å². The highest BCUT2D eigenvalue weighted by atomic mass is 16.3. The predicted octanol–water partition coefficient (Wildman–Crippen LogP) is 2.40. The van der Waals surface area contributed by atoms with Gasteiger partial charge in [0.1, 0.15) is 6.26 Å². The summed E-state index contributed by atoms with van der Waals surface area (Å²) in [4.78, 5) is 23.4. The van der Waals surface area contributed by atoms with Crippen LogP contribution in [0, 0.1) is 0 Å². The summed E-state index contributed by atoms with van der Waals surface area (Å²) >= 11 is 0. The number of carbonyl (C=O) groups is 2. The Morgan fingerprint density at radius 3 is 2.83 bits per heavy atom. The normalized spacial score (nSPS) is 13.9. The van der Waals surface area contributed by atoms with E-state index >= 15 is 0 Å². The van der Waals surface area contributed by atoms with Crippen LogP contribution in [0.5, 0.6) is 0 Å². The lowest BCUT2D eigenvalue weighted by molar-refractivity contribution is -0.116. The molecule has 2 heterocycles. The maximum atomic E-state index is 12.1. The second-order valence-corrected chi connectivity index (χ2v) is 4.26. The molecule has 0 saturated carbocycles. The zero-order chi connectivity index (χ0) is 12.5. The average molecular weight is 241 g/mol. The quantitative estimate of drug-likeness (QED) is 0.821. The first-order valence-electron chi connectivity index (χ1n) is 5.74. The minimum absolute atomic E-state index is 0.0245. The Hall–Kier alpha value is -2.36. The monoisotopic (exact) mass is 241 g/mol. The maximum Gasteiger partial charge on any atom is 0.224 e. The van der Waals surface area contributed by atoms with Gasteiger partial charge in [-0.25, -0.2) is 0 Å². The van der Waals surface area contributed by atoms with E-state index in [-0.39, 0.29) is 11.7 Å². The molecule has 1 amide bonds. The molecule has 0 bridgehead atoms. The molecule has 4 heteroatoms. The number of ketones is 1. The van der Waals surface area contributed by atoms with Gasteiger partial charge in [0.15, 0.2) is 5.78 Å². The zero-order valence-electron chi connectivity index (χ0n) is 9.60. The van der Waals surface area contributed by atoms with Crippen molar-refractivity contribution in [3.8, 4) is 0 Å². The van der Waals surface area contributed by atoms with Crippen LogP contribution in [0.4, 0.5) is 5.69 Å². The fourth-order valence-electron chi connectivity index (χ4n) is 2.08. The largest absolute Gasteiger partial charge is 0.472 e. The third-order valence-electron chi connectivity index (χ3n) is 3.05. The highest BCUT2D eigenvalue weighted by Gasteiger charge is 2.17. The van der Waals surface area contributed by atoms with E-state index in [1.54, 1.807) is 18.2 Å². The summed E-state index contributed by atoms with van der Waals surface area (Å²) in [5, 5.41) is 2.79. The number of amides is 1. The summed E-state index contributed by atoms with van der Waals surface area (Å²) < 4.78 is 4.91. The Kier molecular flexibility index (Phi) is 2.48. The van der Waals surface area contributed by atoms with Gasteiger partial charge in [0.25, 0.3) is 0 Å². The number of nitrogens with one attached hydrogen (secondary N) is 1. The number of hydrogen-bond donors (Lipinski definition) is 1. The van der Waals surface area contributed by atoms with E-state index in [9.17, 15) is 9.59 Å². The van der Waals surface area contributed by atoms with E-state index < -0.39 is 0 Å². The van der Waals surface area contributed by atoms with Crippen LogP contribution in [0.2, 0.25) is 0 Å². The van der Waals surface area contributed by atoms with Gasteiger partial charge in [0.05, 0.1) is 11.8 Å². The number of hydrogen-bond acceptors (Lipinski definition) is 3. The van der Waals surface area contributed by atoms with Gasteiger partial charge in [0.2, 0.25) is 5.91 Å². The summed E-state index contributed by atoms with van der Waals surface area (Å²) in [6, 6.07) is 6.98. The number of rotatable bonds is 2. The van der Waals surface area contributed by atoms with Gasteiger partial charge in [-0.3, -0.25) is 9.59 Å². The molecule has 0 saturated heterocycles. The van der Waals surface area contributed by atoms with Crippen LogP contribution in [0.1, 0.15) is 27.9 Å². The number of furan rings is 1. The Balaban J connectivity index is 1.95. The predicted molar refractivity (Wildman–Crippen MR) is 65.5 cm³/mol. The maximum absolute atomic E-state index is 12.1. The molecule has 1 aliphatic heterocycles. The Bertz CT molecular complexity index is 614. The first kappa shape index (κ1) is 10.8. The number of carbonyl (C=O) groups excluding carboxylic acids is 2. The third-order valence-corrected chi connectivity index (χ3v) is 3.05. The van der Waals surface area contributed by atoms with Gasteiger partial charge in [-0.15, -0.1) is 0 Å². The van der Waals surface area contributed by atoms with E-state index in [0.717, 1.165) is 11.3 Å². The van der Waals surface area contributed by atoms with Crippen LogP contribution in [0.25, 0.3) is 0 Å². The van der Waals surface area contributed by atoms with Crippen molar-refractivity contribution >= 4 is 17.4 Å². The molecular weight excluding hydrogens is 230 g/mol. The molecule has 0 aliphatic carbocycles. The van der Waals surface area contributed by atoms with E-state index in [1.807, 2.05) is 6.07 Å². The summed E-state index contributed by atoms with van der Waals surface area (Å²) in [7, 11) is 0. The molecule has 18 heavy (non-hydrogen) atoms. The highest BCUT2D eigenvalue weighted by molar-refractivity contribution is 6.09. The van der Waals surface area contributed by atoms with Crippen LogP contribution in [-0.2, 0) is 11.2 Å². The fourth-order valence-corrected chi connectivity index (χ4v) is 2.08. The lowest BCUT2D eigenvalue weighted by atomic mass is 9.97. The second-order valence-electron chi connectivity index (χ2n) is 4.26. The summed E-state index contributed by atoms with van der Waals surface area (Å²) in [6.45, 7) is 0. The average Bonchev–Trinajstić information content (AvgIpc) is 2.91. The lowest BCUT2D eigenvalue weighted by Gasteiger charge is -2.17. The Morgan fingerprint density at radius 1 is 1.17 bits per heavy atom. The molecule has 1 aliphatic rings. The molecule has 0 radical (unpaired) electrons. The minimum Gasteiger partial charge on any atom is -0.472 e. The molecule has 2 aromatic rings. The van der Waals surface area contributed by atoms with Crippen LogP contribution < -0.4 is 5.32 Å². The van der Waals surface area contributed by atoms with Crippen molar-refractivity contribution in [2.75, 3.05) is 5.32 Å². The van der Waals surface area contributed by atoms with Crippen molar-refractivity contribution in [2.45, 2.75) is 12.8 Å². The molecule has 0 fully saturated rings. The second kappa shape index (κ2) is 4.14. The van der Waals surface area contributed by atoms with Crippen LogP contribution >= 0.6 is 0 Å². The fraction of sp³-hybridized carbons (Fsp3) is 0.143. The van der Waals surface area contributed by atoms with Crippen molar-refractivity contribution in [3.05, 3.63) is 53.5 Å². The van der Waals surface area contributed by atoms with Crippen molar-refractivity contribution in [2.24, 2.45) is 0 Å². The van der Waals surface area contributed by atoms with Gasteiger partial charge in [-0.05, 0) is 36.2 Å². The number of fused-ring (bicyclic) bond motifs is 1. The summed E-state index contributed by atoms with van der Waals surface area (Å²) in [5.41, 5.74) is 2.96. The van der Waals surface area contributed by atoms with E-state index in [2.05, 4.69) is 5.32 Å². The SMILES string of the molecule is O=C1CCc2cc(C(=O)c3ccoc3)ccc2N1. The van der Waals surface area contributed by atoms with Crippen molar-refractivity contribution in [3.63, 3.8) is 0 Å². The molecule has 3 rings (SSSR count). The number of benzene rings is 1. The van der Waals surface area contributed by atoms with Gasteiger partial charge >= 0.3 is 0 Å². The number of aryl methyl sites for hydroxylation is 1. The van der Waals surface area contributed by atoms with Crippen molar-refractivity contribution in [1.82, 2.24) is 0 Å². The molecular formula is C14H11NO3. The molecule has 0 spiro atoms. The van der Waals surface area contributed by atoms with Crippen molar-refractivity contribution in [1.29, 1.82) is 0 Å². The summed E-state index contributed by atoms with van der Waals surface area (Å²) in [6.07, 6.45) is 4.06. The van der Waals surface area contributed by atoms with Crippen molar-refractivity contribution < 1.29 is 14.0 Å². The van der Waals surface area contributed by atoms with Crippen LogP contribution in [0.3, 0.4) is 0 Å². The first-order valence-corrected chi connectivity index (χ1v) is 5.74. The summed E-state index contributed by atoms with van der Waals surface area (Å²) in [5.74, 6) is -0.0418. The van der Waals surface area contributed by atoms with E-state index in [1.165, 1.54) is 12.5 Å². The van der Waals surface area contributed by atoms with E-state index in [0.29, 0.717) is 24.0 Å². The standard InChI is InChI=1S/C14H11NO3/c16-13-4-2-9-7-10(1-3-12(9)15-13)14(17)11-5-6-18-8-11/h1,3,5-8H,2,4H2,(H,15,16). The minimum atomic E-state index is -0.0662. The molecule has 90 valence electrons. The zero-order valence-corrected chi connectivity index (χ0v) is 9.60. The molecule has 1 aromatic heterocycles. The first-order chi connectivity index (χ1) is 8.74. The van der Waals surface area contributed by atoms with E-state index in [4.69, 9.17) is 4.42 Å². The lowest BCUT2D eigenvalue weighted by Crippen LogP contribution is -2.19. The molecule has 0 unspecified atom stereocenters. The molecule has 1 aromatic carbocycles. The molecule has 0 atom stereocenters. The smallest absolute Gasteiger partial charge is 0.224 e. The van der Waals surface area contributed by atoms with Gasteiger partial charge in [-0.1, -0.05) is 0 Å². The molecule has 4 nitrogen and oxygen atoms in total. The number of anilines is 1. The van der Waals surface area contributed by atoms with Gasteiger partial charge in [0, 0.05) is 17.7 Å². The topological polar surface area (TPSA) is 59.3 Å². The highest BCUT2D eigenvalue weighted by Crippen LogP contribution is 2.24.